The van der Waals surface area contributed by atoms with E-state index in [0.29, 0.717) is 18.7 Å². The zero-order chi connectivity index (χ0) is 21.1. The summed E-state index contributed by atoms with van der Waals surface area (Å²) in [4.78, 5) is 37.0. The fourth-order valence-electron chi connectivity index (χ4n) is 3.36. The lowest BCUT2D eigenvalue weighted by Gasteiger charge is -2.16. The number of nitrogens with one attached hydrogen (secondary N) is 1. The molecule has 4 rings (SSSR count). The molecular weight excluding hydrogens is 400 g/mol. The van der Waals surface area contributed by atoms with Gasteiger partial charge in [-0.2, -0.15) is 0 Å². The first-order valence-electron chi connectivity index (χ1n) is 9.48. The second-order valence-corrected chi connectivity index (χ2v) is 8.30. The van der Waals surface area contributed by atoms with Crippen LogP contribution in [0.5, 0.6) is 0 Å². The van der Waals surface area contributed by atoms with Crippen molar-refractivity contribution in [3.8, 4) is 11.1 Å². The minimum absolute atomic E-state index is 0.165. The maximum absolute atomic E-state index is 12.4. The van der Waals surface area contributed by atoms with Crippen LogP contribution < -0.4 is 5.32 Å². The van der Waals surface area contributed by atoms with Crippen LogP contribution in [0.15, 0.2) is 71.3 Å². The topological polar surface area (TPSA) is 79.6 Å². The Morgan fingerprint density at radius 2 is 1.83 bits per heavy atom. The Labute approximate surface area is 178 Å². The molecule has 0 aliphatic carbocycles. The largest absolute Gasteiger partial charge is 0.459 e. The van der Waals surface area contributed by atoms with Gasteiger partial charge in [-0.1, -0.05) is 54.2 Å². The van der Waals surface area contributed by atoms with Crippen molar-refractivity contribution >= 4 is 28.8 Å². The van der Waals surface area contributed by atoms with Gasteiger partial charge in [0.25, 0.3) is 11.1 Å². The van der Waals surface area contributed by atoms with E-state index in [0.717, 1.165) is 34.0 Å². The Morgan fingerprint density at radius 1 is 1.03 bits per heavy atom. The Balaban J connectivity index is 1.44. The van der Waals surface area contributed by atoms with Gasteiger partial charge in [0.2, 0.25) is 5.91 Å². The normalized spacial score (nSPS) is 15.8. The number of furan rings is 1. The highest BCUT2D eigenvalue weighted by molar-refractivity contribution is 8.15. The second-order valence-electron chi connectivity index (χ2n) is 7.12. The van der Waals surface area contributed by atoms with Crippen molar-refractivity contribution in [2.75, 3.05) is 7.05 Å². The summed E-state index contributed by atoms with van der Waals surface area (Å²) in [6.45, 7) is 0.466. The summed E-state index contributed by atoms with van der Waals surface area (Å²) in [6.07, 6.45) is 2.00. The van der Waals surface area contributed by atoms with Gasteiger partial charge in [0.05, 0.1) is 11.5 Å². The number of hydrogen-bond donors (Lipinski definition) is 1. The fraction of sp³-hybridized carbons (Fsp3) is 0.174. The number of amides is 3. The standard InChI is InChI=1S/C23H20N2O4S/c1-25(22(27)19-6-3-11-29-19)14-16-4-2-5-18(12-16)17-9-7-15(8-10-17)13-20-21(26)24-23(28)30-20/h2-12,20H,13-14H2,1H3,(H,24,26,28). The lowest BCUT2D eigenvalue weighted by Crippen LogP contribution is -2.25. The molecule has 1 aliphatic rings. The monoisotopic (exact) mass is 420 g/mol. The van der Waals surface area contributed by atoms with Crippen LogP contribution in [0.2, 0.25) is 0 Å². The maximum Gasteiger partial charge on any atom is 0.289 e. The van der Waals surface area contributed by atoms with E-state index in [1.165, 1.54) is 6.26 Å². The number of carbonyl (C=O) groups is 3. The van der Waals surface area contributed by atoms with Crippen LogP contribution in [0.4, 0.5) is 4.79 Å². The van der Waals surface area contributed by atoms with Crippen molar-refractivity contribution < 1.29 is 18.8 Å². The summed E-state index contributed by atoms with van der Waals surface area (Å²) < 4.78 is 5.18. The molecule has 6 nitrogen and oxygen atoms in total. The number of hydrogen-bond acceptors (Lipinski definition) is 5. The zero-order valence-electron chi connectivity index (χ0n) is 16.3. The first-order chi connectivity index (χ1) is 14.5. The number of nitrogens with zero attached hydrogens (tertiary/aromatic N) is 1. The molecule has 3 aromatic rings. The minimum atomic E-state index is -0.367. The van der Waals surface area contributed by atoms with Crippen molar-refractivity contribution in [3.05, 3.63) is 83.8 Å². The van der Waals surface area contributed by atoms with Crippen molar-refractivity contribution in [1.29, 1.82) is 0 Å². The number of thioether (sulfide) groups is 1. The van der Waals surface area contributed by atoms with Gasteiger partial charge in [-0.05, 0) is 46.9 Å². The van der Waals surface area contributed by atoms with Crippen LogP contribution >= 0.6 is 11.8 Å². The zero-order valence-corrected chi connectivity index (χ0v) is 17.1. The van der Waals surface area contributed by atoms with Gasteiger partial charge < -0.3 is 9.32 Å². The Kier molecular flexibility index (Phi) is 5.72. The summed E-state index contributed by atoms with van der Waals surface area (Å²) in [5.41, 5.74) is 4.10. The van der Waals surface area contributed by atoms with Gasteiger partial charge in [-0.15, -0.1) is 0 Å². The third kappa shape index (κ3) is 4.46. The number of imide groups is 1. The lowest BCUT2D eigenvalue weighted by atomic mass is 10.00. The molecule has 152 valence electrons. The highest BCUT2D eigenvalue weighted by Gasteiger charge is 2.31. The first kappa shape index (κ1) is 20.0. The summed E-state index contributed by atoms with van der Waals surface area (Å²) in [5, 5.41) is 1.66. The summed E-state index contributed by atoms with van der Waals surface area (Å²) in [6, 6.07) is 19.3. The molecular formula is C23H20N2O4S. The van der Waals surface area contributed by atoms with Crippen molar-refractivity contribution in [2.24, 2.45) is 0 Å². The first-order valence-corrected chi connectivity index (χ1v) is 10.4. The molecule has 0 spiro atoms. The van der Waals surface area contributed by atoms with E-state index in [1.54, 1.807) is 24.1 Å². The van der Waals surface area contributed by atoms with E-state index >= 15 is 0 Å². The van der Waals surface area contributed by atoms with Crippen molar-refractivity contribution in [3.63, 3.8) is 0 Å². The molecule has 7 heteroatoms. The Morgan fingerprint density at radius 3 is 2.50 bits per heavy atom. The molecule has 0 radical (unpaired) electrons. The van der Waals surface area contributed by atoms with E-state index in [1.807, 2.05) is 42.5 Å². The van der Waals surface area contributed by atoms with Crippen LogP contribution in [-0.2, 0) is 17.8 Å². The predicted molar refractivity (Wildman–Crippen MR) is 115 cm³/mol. The van der Waals surface area contributed by atoms with Gasteiger partial charge in [-0.25, -0.2) is 0 Å². The predicted octanol–water partition coefficient (Wildman–Crippen LogP) is 4.11. The van der Waals surface area contributed by atoms with Crippen molar-refractivity contribution in [1.82, 2.24) is 10.2 Å². The molecule has 30 heavy (non-hydrogen) atoms. The Hall–Kier alpha value is -3.32. The highest BCUT2D eigenvalue weighted by atomic mass is 32.2. The number of rotatable bonds is 6. The van der Waals surface area contributed by atoms with E-state index in [9.17, 15) is 14.4 Å². The van der Waals surface area contributed by atoms with Gasteiger partial charge >= 0.3 is 0 Å². The van der Waals surface area contributed by atoms with Gasteiger partial charge in [0, 0.05) is 13.6 Å². The van der Waals surface area contributed by atoms with E-state index in [2.05, 4.69) is 11.4 Å². The molecule has 3 amide bonds. The van der Waals surface area contributed by atoms with E-state index < -0.39 is 0 Å². The quantitative estimate of drug-likeness (QED) is 0.649. The summed E-state index contributed by atoms with van der Waals surface area (Å²) in [5.74, 6) is -0.0721. The molecule has 1 N–H and O–H groups in total. The van der Waals surface area contributed by atoms with Crippen LogP contribution in [0.3, 0.4) is 0 Å². The SMILES string of the molecule is CN(Cc1cccc(-c2ccc(CC3SC(=O)NC3=O)cc2)c1)C(=O)c1ccco1. The molecule has 2 aromatic carbocycles. The molecule has 1 atom stereocenters. The van der Waals surface area contributed by atoms with E-state index in [-0.39, 0.29) is 22.3 Å². The van der Waals surface area contributed by atoms with Crippen LogP contribution in [0.1, 0.15) is 21.7 Å². The number of carbonyl (C=O) groups excluding carboxylic acids is 3. The fourth-order valence-corrected chi connectivity index (χ4v) is 4.22. The molecule has 1 fully saturated rings. The van der Waals surface area contributed by atoms with E-state index in [4.69, 9.17) is 4.42 Å². The van der Waals surface area contributed by atoms with Gasteiger partial charge in [0.15, 0.2) is 5.76 Å². The van der Waals surface area contributed by atoms with Gasteiger partial charge in [-0.3, -0.25) is 19.7 Å². The van der Waals surface area contributed by atoms with Crippen LogP contribution in [0, 0.1) is 0 Å². The molecule has 1 aliphatic heterocycles. The molecule has 1 aromatic heterocycles. The molecule has 1 saturated heterocycles. The van der Waals surface area contributed by atoms with Gasteiger partial charge in [0.1, 0.15) is 0 Å². The average Bonchev–Trinajstić information content (AvgIpc) is 3.38. The second kappa shape index (κ2) is 8.59. The van der Waals surface area contributed by atoms with Crippen LogP contribution in [0.25, 0.3) is 11.1 Å². The number of benzene rings is 2. The molecule has 2 heterocycles. The third-order valence-corrected chi connectivity index (χ3v) is 5.88. The highest BCUT2D eigenvalue weighted by Crippen LogP contribution is 2.26. The summed E-state index contributed by atoms with van der Waals surface area (Å²) >= 11 is 1.04. The van der Waals surface area contributed by atoms with Crippen LogP contribution in [-0.4, -0.2) is 34.3 Å². The molecule has 1 unspecified atom stereocenters. The minimum Gasteiger partial charge on any atom is -0.459 e. The third-order valence-electron chi connectivity index (χ3n) is 4.90. The molecule has 0 saturated carbocycles. The molecule has 0 bridgehead atoms. The smallest absolute Gasteiger partial charge is 0.289 e. The summed E-state index contributed by atoms with van der Waals surface area (Å²) in [7, 11) is 1.74. The van der Waals surface area contributed by atoms with Crippen molar-refractivity contribution in [2.45, 2.75) is 18.2 Å². The Bertz CT molecular complexity index is 1080. The lowest BCUT2D eigenvalue weighted by molar-refractivity contribution is -0.118. The maximum atomic E-state index is 12.4. The average molecular weight is 420 g/mol.